The highest BCUT2D eigenvalue weighted by Crippen LogP contribution is 2.31. The van der Waals surface area contributed by atoms with Gasteiger partial charge in [-0.25, -0.2) is 4.39 Å². The second-order valence-corrected chi connectivity index (χ2v) is 5.85. The Hall–Kier alpha value is -1.09. The van der Waals surface area contributed by atoms with E-state index in [1.54, 1.807) is 6.07 Å². The van der Waals surface area contributed by atoms with Crippen molar-refractivity contribution >= 4 is 5.69 Å². The van der Waals surface area contributed by atoms with Crippen molar-refractivity contribution in [2.45, 2.75) is 58.5 Å². The standard InChI is InChI=1S/C16H27FN2/c1-6-13(18)11-12-9-8-10-14(17)15(12)19(5)16(3,4)7-2/h8-10,13H,6-7,11,18H2,1-5H3. The van der Waals surface area contributed by atoms with Crippen molar-refractivity contribution in [3.8, 4) is 0 Å². The highest BCUT2D eigenvalue weighted by Gasteiger charge is 2.26. The molecule has 1 atom stereocenters. The summed E-state index contributed by atoms with van der Waals surface area (Å²) in [5.74, 6) is -0.162. The topological polar surface area (TPSA) is 29.3 Å². The van der Waals surface area contributed by atoms with Crippen LogP contribution in [-0.2, 0) is 6.42 Å². The smallest absolute Gasteiger partial charge is 0.146 e. The zero-order valence-electron chi connectivity index (χ0n) is 12.8. The molecule has 2 nitrogen and oxygen atoms in total. The molecular weight excluding hydrogens is 239 g/mol. The highest BCUT2D eigenvalue weighted by atomic mass is 19.1. The molecule has 1 aromatic carbocycles. The summed E-state index contributed by atoms with van der Waals surface area (Å²) in [6.07, 6.45) is 2.57. The van der Waals surface area contributed by atoms with Crippen LogP contribution < -0.4 is 10.6 Å². The van der Waals surface area contributed by atoms with Gasteiger partial charge < -0.3 is 10.6 Å². The van der Waals surface area contributed by atoms with Crippen LogP contribution in [-0.4, -0.2) is 18.6 Å². The molecular formula is C16H27FN2. The Morgan fingerprint density at radius 3 is 2.47 bits per heavy atom. The second kappa shape index (κ2) is 6.38. The minimum absolute atomic E-state index is 0.0761. The fourth-order valence-corrected chi connectivity index (χ4v) is 2.07. The molecule has 0 aromatic heterocycles. The van der Waals surface area contributed by atoms with E-state index in [1.165, 1.54) is 6.07 Å². The summed E-state index contributed by atoms with van der Waals surface area (Å²) in [5.41, 5.74) is 7.64. The van der Waals surface area contributed by atoms with Crippen molar-refractivity contribution in [1.82, 2.24) is 0 Å². The van der Waals surface area contributed by atoms with Gasteiger partial charge in [0.15, 0.2) is 0 Å². The Kier molecular flexibility index (Phi) is 5.36. The van der Waals surface area contributed by atoms with Crippen LogP contribution in [0.2, 0.25) is 0 Å². The molecule has 1 rings (SSSR count). The van der Waals surface area contributed by atoms with Crippen molar-refractivity contribution in [1.29, 1.82) is 0 Å². The quantitative estimate of drug-likeness (QED) is 0.850. The van der Waals surface area contributed by atoms with Crippen LogP contribution in [0.3, 0.4) is 0 Å². The summed E-state index contributed by atoms with van der Waals surface area (Å²) >= 11 is 0. The van der Waals surface area contributed by atoms with E-state index in [2.05, 4.69) is 27.7 Å². The van der Waals surface area contributed by atoms with Gasteiger partial charge in [0, 0.05) is 18.6 Å². The van der Waals surface area contributed by atoms with Crippen molar-refractivity contribution < 1.29 is 4.39 Å². The molecule has 1 unspecified atom stereocenters. The van der Waals surface area contributed by atoms with E-state index >= 15 is 0 Å². The van der Waals surface area contributed by atoms with Gasteiger partial charge in [-0.05, 0) is 44.7 Å². The molecule has 0 radical (unpaired) electrons. The predicted octanol–water partition coefficient (Wildman–Crippen LogP) is 3.73. The maximum Gasteiger partial charge on any atom is 0.146 e. The lowest BCUT2D eigenvalue weighted by molar-refractivity contribution is 0.460. The van der Waals surface area contributed by atoms with Gasteiger partial charge in [-0.1, -0.05) is 26.0 Å². The molecule has 0 aliphatic carbocycles. The Morgan fingerprint density at radius 2 is 1.95 bits per heavy atom. The molecule has 0 fully saturated rings. The van der Waals surface area contributed by atoms with Crippen LogP contribution in [0.5, 0.6) is 0 Å². The van der Waals surface area contributed by atoms with Crippen LogP contribution in [0.4, 0.5) is 10.1 Å². The number of rotatable bonds is 6. The van der Waals surface area contributed by atoms with Gasteiger partial charge in [0.2, 0.25) is 0 Å². The summed E-state index contributed by atoms with van der Waals surface area (Å²) in [4.78, 5) is 2.04. The minimum Gasteiger partial charge on any atom is -0.367 e. The molecule has 0 aliphatic heterocycles. The number of anilines is 1. The predicted molar refractivity (Wildman–Crippen MR) is 81.1 cm³/mol. The van der Waals surface area contributed by atoms with Crippen LogP contribution in [0.1, 0.15) is 46.1 Å². The maximum absolute atomic E-state index is 14.2. The number of nitrogens with zero attached hydrogens (tertiary/aromatic N) is 1. The van der Waals surface area contributed by atoms with Gasteiger partial charge in [0.25, 0.3) is 0 Å². The Labute approximate surface area is 116 Å². The molecule has 0 heterocycles. The van der Waals surface area contributed by atoms with Crippen LogP contribution >= 0.6 is 0 Å². The Bertz CT molecular complexity index is 415. The van der Waals surface area contributed by atoms with E-state index in [1.807, 2.05) is 18.0 Å². The van der Waals surface area contributed by atoms with Gasteiger partial charge in [-0.3, -0.25) is 0 Å². The lowest BCUT2D eigenvalue weighted by atomic mass is 9.95. The van der Waals surface area contributed by atoms with E-state index in [9.17, 15) is 4.39 Å². The molecule has 0 amide bonds. The van der Waals surface area contributed by atoms with Gasteiger partial charge >= 0.3 is 0 Å². The lowest BCUT2D eigenvalue weighted by Gasteiger charge is -2.38. The third-order valence-corrected chi connectivity index (χ3v) is 4.19. The monoisotopic (exact) mass is 266 g/mol. The normalized spacial score (nSPS) is 13.4. The molecule has 0 saturated heterocycles. The van der Waals surface area contributed by atoms with Crippen molar-refractivity contribution in [3.63, 3.8) is 0 Å². The van der Waals surface area contributed by atoms with Gasteiger partial charge in [0.1, 0.15) is 5.82 Å². The van der Waals surface area contributed by atoms with E-state index in [0.29, 0.717) is 12.1 Å². The number of hydrogen-bond donors (Lipinski definition) is 1. The van der Waals surface area contributed by atoms with Crippen molar-refractivity contribution in [3.05, 3.63) is 29.6 Å². The van der Waals surface area contributed by atoms with Crippen molar-refractivity contribution in [2.75, 3.05) is 11.9 Å². The van der Waals surface area contributed by atoms with E-state index in [-0.39, 0.29) is 17.4 Å². The number of hydrogen-bond acceptors (Lipinski definition) is 2. The first-order valence-electron chi connectivity index (χ1n) is 7.10. The number of benzene rings is 1. The summed E-state index contributed by atoms with van der Waals surface area (Å²) in [7, 11) is 1.96. The third-order valence-electron chi connectivity index (χ3n) is 4.19. The first kappa shape index (κ1) is 16.0. The molecule has 108 valence electrons. The minimum atomic E-state index is -0.162. The van der Waals surface area contributed by atoms with E-state index in [4.69, 9.17) is 5.73 Å². The average molecular weight is 266 g/mol. The number of halogens is 1. The highest BCUT2D eigenvalue weighted by molar-refractivity contribution is 5.56. The molecule has 0 aliphatic rings. The van der Waals surface area contributed by atoms with Gasteiger partial charge in [0.05, 0.1) is 5.69 Å². The average Bonchev–Trinajstić information content (AvgIpc) is 2.38. The largest absolute Gasteiger partial charge is 0.367 e. The SMILES string of the molecule is CCC(N)Cc1cccc(F)c1N(C)C(C)(C)CC. The zero-order valence-corrected chi connectivity index (χ0v) is 12.8. The zero-order chi connectivity index (χ0) is 14.6. The molecule has 1 aromatic rings. The third kappa shape index (κ3) is 3.69. The molecule has 0 bridgehead atoms. The van der Waals surface area contributed by atoms with E-state index < -0.39 is 0 Å². The summed E-state index contributed by atoms with van der Waals surface area (Å²) in [6, 6.07) is 5.36. The number of nitrogens with two attached hydrogens (primary N) is 1. The van der Waals surface area contributed by atoms with E-state index in [0.717, 1.165) is 18.4 Å². The van der Waals surface area contributed by atoms with Gasteiger partial charge in [-0.2, -0.15) is 0 Å². The maximum atomic E-state index is 14.2. The van der Waals surface area contributed by atoms with Crippen LogP contribution in [0.25, 0.3) is 0 Å². The lowest BCUT2D eigenvalue weighted by Crippen LogP contribution is -2.41. The first-order valence-corrected chi connectivity index (χ1v) is 7.10. The fraction of sp³-hybridized carbons (Fsp3) is 0.625. The second-order valence-electron chi connectivity index (χ2n) is 5.85. The molecule has 19 heavy (non-hydrogen) atoms. The Balaban J connectivity index is 3.18. The Morgan fingerprint density at radius 1 is 1.32 bits per heavy atom. The van der Waals surface area contributed by atoms with Crippen LogP contribution in [0.15, 0.2) is 18.2 Å². The molecule has 0 spiro atoms. The summed E-state index contributed by atoms with van der Waals surface area (Å²) in [5, 5.41) is 0. The summed E-state index contributed by atoms with van der Waals surface area (Å²) < 4.78 is 14.2. The van der Waals surface area contributed by atoms with Crippen molar-refractivity contribution in [2.24, 2.45) is 5.73 Å². The fourth-order valence-electron chi connectivity index (χ4n) is 2.07. The molecule has 0 saturated carbocycles. The van der Waals surface area contributed by atoms with Crippen LogP contribution in [0, 0.1) is 5.82 Å². The first-order chi connectivity index (χ1) is 8.83. The summed E-state index contributed by atoms with van der Waals surface area (Å²) in [6.45, 7) is 8.43. The molecule has 2 N–H and O–H groups in total. The number of para-hydroxylation sites is 1. The van der Waals surface area contributed by atoms with Gasteiger partial charge in [-0.15, -0.1) is 0 Å². The molecule has 3 heteroatoms.